The number of aryl methyl sites for hydroxylation is 1. The van der Waals surface area contributed by atoms with E-state index in [2.05, 4.69) is 31.8 Å². The predicted molar refractivity (Wildman–Crippen MR) is 80.2 cm³/mol. The third kappa shape index (κ3) is 3.17. The molecule has 0 amide bonds. The first-order valence-corrected chi connectivity index (χ1v) is 6.90. The molecule has 0 aliphatic heterocycles. The molecular formula is C17H21NO2. The lowest BCUT2D eigenvalue weighted by molar-refractivity contribution is 0.194. The standard InChI is InChI=1S/C17H21NO2/c1-11(2)15-8-7-14(10-12(15)3)20-17-16(13(4)19)6-5-9-18-17/h5-11,13,19H,1-4H3/t13-/m1/s1. The predicted octanol–water partition coefficient (Wildman–Crippen LogP) is 4.36. The minimum Gasteiger partial charge on any atom is -0.439 e. The average molecular weight is 271 g/mol. The molecule has 3 nitrogen and oxygen atoms in total. The number of benzene rings is 1. The minimum atomic E-state index is -0.602. The Kier molecular flexibility index (Phi) is 4.40. The molecule has 0 saturated carbocycles. The zero-order valence-electron chi connectivity index (χ0n) is 12.4. The van der Waals surface area contributed by atoms with Gasteiger partial charge in [0.15, 0.2) is 0 Å². The molecule has 0 bridgehead atoms. The van der Waals surface area contributed by atoms with E-state index >= 15 is 0 Å². The molecular weight excluding hydrogens is 250 g/mol. The third-order valence-electron chi connectivity index (χ3n) is 3.33. The first-order chi connectivity index (χ1) is 9.49. The molecule has 3 heteroatoms. The summed E-state index contributed by atoms with van der Waals surface area (Å²) in [5.41, 5.74) is 3.21. The van der Waals surface area contributed by atoms with Gasteiger partial charge in [-0.15, -0.1) is 0 Å². The van der Waals surface area contributed by atoms with Crippen LogP contribution in [0.5, 0.6) is 11.6 Å². The van der Waals surface area contributed by atoms with Crippen molar-refractivity contribution in [3.05, 3.63) is 53.2 Å². The van der Waals surface area contributed by atoms with Gasteiger partial charge in [-0.05, 0) is 55.2 Å². The van der Waals surface area contributed by atoms with Crippen LogP contribution in [0.25, 0.3) is 0 Å². The number of rotatable bonds is 4. The van der Waals surface area contributed by atoms with E-state index in [1.165, 1.54) is 11.1 Å². The van der Waals surface area contributed by atoms with Crippen molar-refractivity contribution >= 4 is 0 Å². The Morgan fingerprint density at radius 2 is 1.85 bits per heavy atom. The van der Waals surface area contributed by atoms with E-state index in [-0.39, 0.29) is 0 Å². The lowest BCUT2D eigenvalue weighted by Crippen LogP contribution is -1.99. The third-order valence-corrected chi connectivity index (χ3v) is 3.33. The highest BCUT2D eigenvalue weighted by Crippen LogP contribution is 2.29. The van der Waals surface area contributed by atoms with Crippen LogP contribution in [-0.2, 0) is 0 Å². The SMILES string of the molecule is Cc1cc(Oc2ncccc2[C@@H](C)O)ccc1C(C)C. The van der Waals surface area contributed by atoms with Crippen LogP contribution in [0.2, 0.25) is 0 Å². The van der Waals surface area contributed by atoms with Crippen molar-refractivity contribution in [3.8, 4) is 11.6 Å². The average Bonchev–Trinajstić information content (AvgIpc) is 2.38. The Hall–Kier alpha value is -1.87. The topological polar surface area (TPSA) is 42.4 Å². The number of hydrogen-bond acceptors (Lipinski definition) is 3. The number of aromatic nitrogens is 1. The second-order valence-electron chi connectivity index (χ2n) is 5.35. The number of aliphatic hydroxyl groups is 1. The summed E-state index contributed by atoms with van der Waals surface area (Å²) < 4.78 is 5.82. The smallest absolute Gasteiger partial charge is 0.225 e. The molecule has 0 fully saturated rings. The monoisotopic (exact) mass is 271 g/mol. The molecule has 20 heavy (non-hydrogen) atoms. The van der Waals surface area contributed by atoms with Crippen LogP contribution in [0, 0.1) is 6.92 Å². The molecule has 1 aromatic heterocycles. The zero-order valence-corrected chi connectivity index (χ0v) is 12.4. The molecule has 2 rings (SSSR count). The van der Waals surface area contributed by atoms with E-state index in [4.69, 9.17) is 4.74 Å². The van der Waals surface area contributed by atoms with Gasteiger partial charge >= 0.3 is 0 Å². The molecule has 2 aromatic rings. The van der Waals surface area contributed by atoms with Gasteiger partial charge < -0.3 is 9.84 Å². The van der Waals surface area contributed by atoms with Crippen LogP contribution >= 0.6 is 0 Å². The fourth-order valence-electron chi connectivity index (χ4n) is 2.28. The number of pyridine rings is 1. The Bertz CT molecular complexity index is 591. The van der Waals surface area contributed by atoms with E-state index in [0.29, 0.717) is 17.4 Å². The van der Waals surface area contributed by atoms with Crippen LogP contribution in [0.3, 0.4) is 0 Å². The maximum absolute atomic E-state index is 9.73. The van der Waals surface area contributed by atoms with Crippen molar-refractivity contribution in [1.29, 1.82) is 0 Å². The lowest BCUT2D eigenvalue weighted by atomic mass is 9.98. The van der Waals surface area contributed by atoms with Crippen molar-refractivity contribution in [1.82, 2.24) is 4.98 Å². The first kappa shape index (κ1) is 14.5. The van der Waals surface area contributed by atoms with E-state index in [9.17, 15) is 5.11 Å². The second-order valence-corrected chi connectivity index (χ2v) is 5.35. The zero-order chi connectivity index (χ0) is 14.7. The van der Waals surface area contributed by atoms with Gasteiger partial charge in [0.2, 0.25) is 5.88 Å². The summed E-state index contributed by atoms with van der Waals surface area (Å²) in [6, 6.07) is 9.66. The highest BCUT2D eigenvalue weighted by molar-refractivity contribution is 5.39. The van der Waals surface area contributed by atoms with Gasteiger partial charge in [0, 0.05) is 11.8 Å². The van der Waals surface area contributed by atoms with E-state index < -0.39 is 6.10 Å². The fraction of sp³-hybridized carbons (Fsp3) is 0.353. The molecule has 0 unspecified atom stereocenters. The van der Waals surface area contributed by atoms with Gasteiger partial charge in [-0.1, -0.05) is 19.9 Å². The highest BCUT2D eigenvalue weighted by Gasteiger charge is 2.11. The minimum absolute atomic E-state index is 0.458. The molecule has 1 heterocycles. The van der Waals surface area contributed by atoms with Gasteiger partial charge in [0.25, 0.3) is 0 Å². The van der Waals surface area contributed by atoms with Crippen LogP contribution in [-0.4, -0.2) is 10.1 Å². The summed E-state index contributed by atoms with van der Waals surface area (Å²) in [5, 5.41) is 9.73. The number of nitrogens with zero attached hydrogens (tertiary/aromatic N) is 1. The number of hydrogen-bond donors (Lipinski definition) is 1. The maximum atomic E-state index is 9.73. The molecule has 1 atom stereocenters. The van der Waals surface area contributed by atoms with Crippen LogP contribution in [0.4, 0.5) is 0 Å². The molecule has 0 spiro atoms. The van der Waals surface area contributed by atoms with Crippen molar-refractivity contribution in [3.63, 3.8) is 0 Å². The Balaban J connectivity index is 2.29. The van der Waals surface area contributed by atoms with Crippen molar-refractivity contribution < 1.29 is 9.84 Å². The van der Waals surface area contributed by atoms with Crippen LogP contribution in [0.15, 0.2) is 36.5 Å². The molecule has 0 aliphatic rings. The largest absolute Gasteiger partial charge is 0.439 e. The Morgan fingerprint density at radius 1 is 1.10 bits per heavy atom. The Morgan fingerprint density at radius 3 is 2.45 bits per heavy atom. The number of aliphatic hydroxyl groups excluding tert-OH is 1. The van der Waals surface area contributed by atoms with Gasteiger partial charge in [-0.3, -0.25) is 0 Å². The second kappa shape index (κ2) is 6.06. The van der Waals surface area contributed by atoms with Crippen molar-refractivity contribution in [2.75, 3.05) is 0 Å². The quantitative estimate of drug-likeness (QED) is 0.898. The van der Waals surface area contributed by atoms with Gasteiger partial charge in [0.1, 0.15) is 5.75 Å². The number of ether oxygens (including phenoxy) is 1. The molecule has 1 aromatic carbocycles. The summed E-state index contributed by atoms with van der Waals surface area (Å²) >= 11 is 0. The Labute approximate surface area is 120 Å². The summed E-state index contributed by atoms with van der Waals surface area (Å²) in [7, 11) is 0. The molecule has 0 saturated heterocycles. The van der Waals surface area contributed by atoms with Gasteiger partial charge in [-0.2, -0.15) is 0 Å². The summed E-state index contributed by atoms with van der Waals surface area (Å²) in [6.07, 6.45) is 1.06. The van der Waals surface area contributed by atoms with E-state index in [0.717, 1.165) is 5.75 Å². The van der Waals surface area contributed by atoms with E-state index in [1.54, 1.807) is 19.2 Å². The maximum Gasteiger partial charge on any atom is 0.225 e. The first-order valence-electron chi connectivity index (χ1n) is 6.90. The normalized spacial score (nSPS) is 12.5. The molecule has 0 radical (unpaired) electrons. The lowest BCUT2D eigenvalue weighted by Gasteiger charge is -2.14. The van der Waals surface area contributed by atoms with Crippen molar-refractivity contribution in [2.24, 2.45) is 0 Å². The summed E-state index contributed by atoms with van der Waals surface area (Å²) in [4.78, 5) is 4.20. The van der Waals surface area contributed by atoms with Crippen LogP contribution < -0.4 is 4.74 Å². The fourth-order valence-corrected chi connectivity index (χ4v) is 2.28. The van der Waals surface area contributed by atoms with Gasteiger partial charge in [-0.25, -0.2) is 4.98 Å². The molecule has 106 valence electrons. The summed E-state index contributed by atoms with van der Waals surface area (Å²) in [6.45, 7) is 8.13. The van der Waals surface area contributed by atoms with Crippen LogP contribution in [0.1, 0.15) is 49.5 Å². The van der Waals surface area contributed by atoms with Gasteiger partial charge in [0.05, 0.1) is 6.10 Å². The van der Waals surface area contributed by atoms with E-state index in [1.807, 2.05) is 18.2 Å². The molecule has 1 N–H and O–H groups in total. The molecule has 0 aliphatic carbocycles. The van der Waals surface area contributed by atoms with Crippen molar-refractivity contribution in [2.45, 2.75) is 39.7 Å². The highest BCUT2D eigenvalue weighted by atomic mass is 16.5. The summed E-state index contributed by atoms with van der Waals surface area (Å²) in [5.74, 6) is 1.69.